The average Bonchev–Trinajstić information content (AvgIpc) is 2.66. The largest absolute Gasteiger partial charge is 0.331 e. The Hall–Kier alpha value is -1.39. The van der Waals surface area contributed by atoms with Crippen molar-refractivity contribution in [3.05, 3.63) is 0 Å². The van der Waals surface area contributed by atoms with Crippen molar-refractivity contribution in [2.45, 2.75) is 32.4 Å². The van der Waals surface area contributed by atoms with E-state index >= 15 is 0 Å². The SMILES string of the molecule is CC(=O)N1CC(=O)[C@@H]2[C@H]1CCN2C(C)=O. The Morgan fingerprint density at radius 2 is 1.80 bits per heavy atom. The maximum Gasteiger partial charge on any atom is 0.220 e. The van der Waals surface area contributed by atoms with Crippen molar-refractivity contribution in [1.29, 1.82) is 0 Å². The smallest absolute Gasteiger partial charge is 0.220 e. The summed E-state index contributed by atoms with van der Waals surface area (Å²) in [6.45, 7) is 3.67. The van der Waals surface area contributed by atoms with Crippen LogP contribution in [0.2, 0.25) is 0 Å². The summed E-state index contributed by atoms with van der Waals surface area (Å²) in [5.74, 6) is -0.176. The van der Waals surface area contributed by atoms with Crippen LogP contribution in [0.4, 0.5) is 0 Å². The first-order valence-corrected chi connectivity index (χ1v) is 5.09. The average molecular weight is 210 g/mol. The first-order valence-electron chi connectivity index (χ1n) is 5.09. The van der Waals surface area contributed by atoms with Crippen molar-refractivity contribution in [2.24, 2.45) is 0 Å². The van der Waals surface area contributed by atoms with Crippen molar-refractivity contribution in [3.63, 3.8) is 0 Å². The zero-order chi connectivity index (χ0) is 11.2. The zero-order valence-corrected chi connectivity index (χ0v) is 8.90. The van der Waals surface area contributed by atoms with Gasteiger partial charge in [-0.05, 0) is 6.42 Å². The minimum atomic E-state index is -0.383. The summed E-state index contributed by atoms with van der Waals surface area (Å²) < 4.78 is 0. The molecule has 0 aromatic rings. The summed E-state index contributed by atoms with van der Waals surface area (Å²) in [5, 5.41) is 0. The summed E-state index contributed by atoms with van der Waals surface area (Å²) in [7, 11) is 0. The molecule has 0 unspecified atom stereocenters. The van der Waals surface area contributed by atoms with Gasteiger partial charge in [0.15, 0.2) is 5.78 Å². The first-order chi connectivity index (χ1) is 7.02. The van der Waals surface area contributed by atoms with E-state index in [4.69, 9.17) is 0 Å². The molecular weight excluding hydrogens is 196 g/mol. The van der Waals surface area contributed by atoms with Gasteiger partial charge in [-0.1, -0.05) is 0 Å². The van der Waals surface area contributed by atoms with Gasteiger partial charge in [-0.15, -0.1) is 0 Å². The Morgan fingerprint density at radius 3 is 2.33 bits per heavy atom. The molecule has 15 heavy (non-hydrogen) atoms. The predicted molar refractivity (Wildman–Crippen MR) is 52.0 cm³/mol. The molecule has 2 saturated heterocycles. The topological polar surface area (TPSA) is 57.7 Å². The number of hydrogen-bond acceptors (Lipinski definition) is 3. The van der Waals surface area contributed by atoms with Gasteiger partial charge in [0.05, 0.1) is 12.6 Å². The summed E-state index contributed by atoms with van der Waals surface area (Å²) in [4.78, 5) is 37.4. The molecule has 5 nitrogen and oxygen atoms in total. The van der Waals surface area contributed by atoms with Crippen LogP contribution in [0.1, 0.15) is 20.3 Å². The van der Waals surface area contributed by atoms with Crippen LogP contribution in [0.25, 0.3) is 0 Å². The molecule has 2 aliphatic rings. The van der Waals surface area contributed by atoms with Gasteiger partial charge in [-0.2, -0.15) is 0 Å². The number of carbonyl (C=O) groups excluding carboxylic acids is 3. The molecule has 2 atom stereocenters. The van der Waals surface area contributed by atoms with E-state index in [2.05, 4.69) is 0 Å². The highest BCUT2D eigenvalue weighted by Gasteiger charge is 2.49. The maximum atomic E-state index is 11.7. The minimum absolute atomic E-state index is 0.0112. The number of hydrogen-bond donors (Lipinski definition) is 0. The van der Waals surface area contributed by atoms with Gasteiger partial charge >= 0.3 is 0 Å². The normalized spacial score (nSPS) is 29.6. The molecule has 2 rings (SSSR count). The zero-order valence-electron chi connectivity index (χ0n) is 8.90. The fourth-order valence-corrected chi connectivity index (χ4v) is 2.57. The van der Waals surface area contributed by atoms with Crippen LogP contribution in [0.3, 0.4) is 0 Å². The van der Waals surface area contributed by atoms with Crippen LogP contribution in [-0.2, 0) is 14.4 Å². The first kappa shape index (κ1) is 10.1. The predicted octanol–water partition coefficient (Wildman–Crippen LogP) is -0.593. The second-order valence-corrected chi connectivity index (χ2v) is 4.13. The third-order valence-electron chi connectivity index (χ3n) is 3.23. The van der Waals surface area contributed by atoms with E-state index in [1.54, 1.807) is 9.80 Å². The second-order valence-electron chi connectivity index (χ2n) is 4.13. The molecule has 0 saturated carbocycles. The second kappa shape index (κ2) is 3.32. The lowest BCUT2D eigenvalue weighted by molar-refractivity contribution is -0.134. The van der Waals surface area contributed by atoms with E-state index < -0.39 is 0 Å². The Bertz CT molecular complexity index is 328. The van der Waals surface area contributed by atoms with Gasteiger partial charge < -0.3 is 9.80 Å². The third kappa shape index (κ3) is 1.42. The van der Waals surface area contributed by atoms with Crippen molar-refractivity contribution in [1.82, 2.24) is 9.80 Å². The lowest BCUT2D eigenvalue weighted by Crippen LogP contribution is -2.42. The highest BCUT2D eigenvalue weighted by Crippen LogP contribution is 2.29. The van der Waals surface area contributed by atoms with E-state index in [0.29, 0.717) is 6.54 Å². The Kier molecular flexibility index (Phi) is 2.25. The molecule has 0 aromatic heterocycles. The molecule has 5 heteroatoms. The summed E-state index contributed by atoms with van der Waals surface area (Å²) >= 11 is 0. The Morgan fingerprint density at radius 1 is 1.20 bits per heavy atom. The van der Waals surface area contributed by atoms with Gasteiger partial charge in [-0.25, -0.2) is 0 Å². The Labute approximate surface area is 88.0 Å². The Balaban J connectivity index is 2.24. The number of likely N-dealkylation sites (tertiary alicyclic amines) is 2. The molecule has 0 bridgehead atoms. The summed E-state index contributed by atoms with van der Waals surface area (Å²) in [6.07, 6.45) is 0.718. The van der Waals surface area contributed by atoms with Gasteiger partial charge in [0.25, 0.3) is 0 Å². The van der Waals surface area contributed by atoms with Crippen LogP contribution >= 0.6 is 0 Å². The number of carbonyl (C=O) groups is 3. The summed E-state index contributed by atoms with van der Waals surface area (Å²) in [5.41, 5.74) is 0. The third-order valence-corrected chi connectivity index (χ3v) is 3.23. The standard InChI is InChI=1S/C10H14N2O3/c1-6(13)11-4-3-8-10(11)9(15)5-12(8)7(2)14/h8,10H,3-5H2,1-2H3/t8-,10+/m1/s1. The molecule has 2 fully saturated rings. The number of Topliss-reactive ketones (excluding diaryl/α,β-unsaturated/α-hetero) is 1. The van der Waals surface area contributed by atoms with Gasteiger partial charge in [0.1, 0.15) is 6.04 Å². The number of ketones is 1. The molecule has 0 N–H and O–H groups in total. The van der Waals surface area contributed by atoms with Crippen LogP contribution in [0, 0.1) is 0 Å². The van der Waals surface area contributed by atoms with Crippen LogP contribution in [0.15, 0.2) is 0 Å². The van der Waals surface area contributed by atoms with Crippen molar-refractivity contribution in [2.75, 3.05) is 13.1 Å². The quantitative estimate of drug-likeness (QED) is 0.537. The van der Waals surface area contributed by atoms with Gasteiger partial charge in [-0.3, -0.25) is 14.4 Å². The van der Waals surface area contributed by atoms with Crippen LogP contribution in [0.5, 0.6) is 0 Å². The highest BCUT2D eigenvalue weighted by atomic mass is 16.2. The molecule has 0 aliphatic carbocycles. The molecule has 2 amide bonds. The van der Waals surface area contributed by atoms with E-state index in [9.17, 15) is 14.4 Å². The van der Waals surface area contributed by atoms with Gasteiger partial charge in [0, 0.05) is 20.4 Å². The molecule has 0 aromatic carbocycles. The lowest BCUT2D eigenvalue weighted by atomic mass is 10.1. The highest BCUT2D eigenvalue weighted by molar-refractivity contribution is 5.96. The van der Waals surface area contributed by atoms with E-state index in [0.717, 1.165) is 6.42 Å². The minimum Gasteiger partial charge on any atom is -0.331 e. The lowest BCUT2D eigenvalue weighted by Gasteiger charge is -2.22. The molecule has 2 aliphatic heterocycles. The van der Waals surface area contributed by atoms with E-state index in [1.807, 2.05) is 0 Å². The molecule has 2 heterocycles. The van der Waals surface area contributed by atoms with Crippen molar-refractivity contribution in [3.8, 4) is 0 Å². The number of rotatable bonds is 0. The van der Waals surface area contributed by atoms with Crippen LogP contribution in [-0.4, -0.2) is 52.6 Å². The number of fused-ring (bicyclic) bond motifs is 1. The van der Waals surface area contributed by atoms with E-state index in [1.165, 1.54) is 13.8 Å². The van der Waals surface area contributed by atoms with Crippen molar-refractivity contribution >= 4 is 17.6 Å². The number of amides is 2. The molecule has 82 valence electrons. The molecular formula is C10H14N2O3. The van der Waals surface area contributed by atoms with E-state index in [-0.39, 0.29) is 36.2 Å². The molecule has 0 spiro atoms. The maximum absolute atomic E-state index is 11.7. The summed E-state index contributed by atoms with van der Waals surface area (Å²) in [6, 6.07) is -0.467. The molecule has 0 radical (unpaired) electrons. The van der Waals surface area contributed by atoms with Crippen LogP contribution < -0.4 is 0 Å². The fraction of sp³-hybridized carbons (Fsp3) is 0.700. The van der Waals surface area contributed by atoms with Gasteiger partial charge in [0.2, 0.25) is 11.8 Å². The van der Waals surface area contributed by atoms with Crippen molar-refractivity contribution < 1.29 is 14.4 Å². The fourth-order valence-electron chi connectivity index (χ4n) is 2.57. The number of nitrogens with zero attached hydrogens (tertiary/aromatic N) is 2. The monoisotopic (exact) mass is 210 g/mol.